The number of ether oxygens (including phenoxy) is 1. The number of rotatable bonds is 3. The van der Waals surface area contributed by atoms with Crippen LogP contribution in [0.4, 0.5) is 0 Å². The monoisotopic (exact) mass is 262 g/mol. The Labute approximate surface area is 114 Å². The van der Waals surface area contributed by atoms with Crippen molar-refractivity contribution in [3.63, 3.8) is 0 Å². The van der Waals surface area contributed by atoms with E-state index < -0.39 is 6.04 Å². The average Bonchev–Trinajstić information content (AvgIpc) is 2.46. The highest BCUT2D eigenvalue weighted by molar-refractivity contribution is 5.83. The van der Waals surface area contributed by atoms with E-state index in [1.165, 1.54) is 0 Å². The molecule has 0 bridgehead atoms. The summed E-state index contributed by atoms with van der Waals surface area (Å²) in [6.07, 6.45) is 0.967. The van der Waals surface area contributed by atoms with Crippen molar-refractivity contribution in [1.29, 1.82) is 0 Å². The fourth-order valence-corrected chi connectivity index (χ4v) is 2.43. The number of hydrogen-bond acceptors (Lipinski definition) is 3. The van der Waals surface area contributed by atoms with Gasteiger partial charge < -0.3 is 15.4 Å². The Morgan fingerprint density at radius 2 is 2.16 bits per heavy atom. The fourth-order valence-electron chi connectivity index (χ4n) is 2.43. The van der Waals surface area contributed by atoms with Crippen LogP contribution >= 0.6 is 0 Å². The zero-order chi connectivity index (χ0) is 13.8. The molecule has 4 nitrogen and oxygen atoms in total. The van der Waals surface area contributed by atoms with Crippen LogP contribution in [0.3, 0.4) is 0 Å². The van der Waals surface area contributed by atoms with Crippen molar-refractivity contribution in [2.75, 3.05) is 13.2 Å². The first-order chi connectivity index (χ1) is 9.13. The van der Waals surface area contributed by atoms with Crippen molar-refractivity contribution in [3.05, 3.63) is 35.9 Å². The summed E-state index contributed by atoms with van der Waals surface area (Å²) < 4.78 is 5.61. The lowest BCUT2D eigenvalue weighted by Gasteiger charge is -2.39. The molecule has 2 N–H and O–H groups in total. The van der Waals surface area contributed by atoms with Gasteiger partial charge in [-0.25, -0.2) is 0 Å². The molecule has 0 spiro atoms. The van der Waals surface area contributed by atoms with Crippen LogP contribution in [0.2, 0.25) is 0 Å². The lowest BCUT2D eigenvalue weighted by Crippen LogP contribution is -2.53. The molecule has 1 aromatic carbocycles. The van der Waals surface area contributed by atoms with Crippen LogP contribution in [0.5, 0.6) is 0 Å². The number of carbonyl (C=O) groups is 1. The molecule has 3 unspecified atom stereocenters. The molecule has 1 heterocycles. The Morgan fingerprint density at radius 3 is 2.79 bits per heavy atom. The first-order valence-electron chi connectivity index (χ1n) is 6.86. The van der Waals surface area contributed by atoms with Crippen LogP contribution in [-0.4, -0.2) is 36.1 Å². The highest BCUT2D eigenvalue weighted by Gasteiger charge is 2.32. The van der Waals surface area contributed by atoms with Gasteiger partial charge in [0.15, 0.2) is 0 Å². The number of benzene rings is 1. The topological polar surface area (TPSA) is 55.6 Å². The van der Waals surface area contributed by atoms with Crippen molar-refractivity contribution in [2.24, 2.45) is 5.73 Å². The zero-order valence-electron chi connectivity index (χ0n) is 11.6. The summed E-state index contributed by atoms with van der Waals surface area (Å²) >= 11 is 0. The van der Waals surface area contributed by atoms with E-state index in [9.17, 15) is 4.79 Å². The van der Waals surface area contributed by atoms with Gasteiger partial charge in [-0.05, 0) is 18.9 Å². The standard InChI is InChI=1S/C15H22N2O2/c1-3-13-10-19-11(2)9-17(13)15(18)14(16)12-7-5-4-6-8-12/h4-8,11,13-14H,3,9-10,16H2,1-2H3. The van der Waals surface area contributed by atoms with Crippen LogP contribution in [0.25, 0.3) is 0 Å². The number of carbonyl (C=O) groups excluding carboxylic acids is 1. The Balaban J connectivity index is 2.13. The molecule has 0 aliphatic carbocycles. The number of nitrogens with zero attached hydrogens (tertiary/aromatic N) is 1. The third kappa shape index (κ3) is 3.14. The summed E-state index contributed by atoms with van der Waals surface area (Å²) in [5.41, 5.74) is 6.96. The molecule has 0 saturated carbocycles. The minimum absolute atomic E-state index is 0.00630. The second kappa shape index (κ2) is 6.17. The molecule has 1 saturated heterocycles. The molecule has 0 radical (unpaired) electrons. The van der Waals surface area contributed by atoms with Crippen LogP contribution in [0, 0.1) is 0 Å². The molecule has 1 amide bonds. The summed E-state index contributed by atoms with van der Waals surface area (Å²) in [7, 11) is 0. The number of hydrogen-bond donors (Lipinski definition) is 1. The smallest absolute Gasteiger partial charge is 0.244 e. The first-order valence-corrected chi connectivity index (χ1v) is 6.86. The molecule has 4 heteroatoms. The summed E-state index contributed by atoms with van der Waals surface area (Å²) in [5.74, 6) is -0.00630. The van der Waals surface area contributed by atoms with Crippen LogP contribution in [0.15, 0.2) is 30.3 Å². The number of morpholine rings is 1. The van der Waals surface area contributed by atoms with Gasteiger partial charge in [-0.1, -0.05) is 37.3 Å². The molecule has 3 atom stereocenters. The molecule has 0 aromatic heterocycles. The lowest BCUT2D eigenvalue weighted by atomic mass is 10.0. The normalized spacial score (nSPS) is 25.1. The molecule has 1 aromatic rings. The molecule has 1 aliphatic heterocycles. The second-order valence-corrected chi connectivity index (χ2v) is 5.08. The van der Waals surface area contributed by atoms with E-state index in [1.54, 1.807) is 0 Å². The van der Waals surface area contributed by atoms with Gasteiger partial charge in [0, 0.05) is 6.54 Å². The van der Waals surface area contributed by atoms with E-state index >= 15 is 0 Å². The first kappa shape index (κ1) is 14.0. The number of amides is 1. The highest BCUT2D eigenvalue weighted by Crippen LogP contribution is 2.20. The molecule has 104 valence electrons. The van der Waals surface area contributed by atoms with E-state index in [-0.39, 0.29) is 18.1 Å². The summed E-state index contributed by atoms with van der Waals surface area (Å²) in [6, 6.07) is 9.08. The summed E-state index contributed by atoms with van der Waals surface area (Å²) in [6.45, 7) is 5.28. The van der Waals surface area contributed by atoms with Gasteiger partial charge in [-0.15, -0.1) is 0 Å². The van der Waals surface area contributed by atoms with Gasteiger partial charge in [-0.3, -0.25) is 4.79 Å². The Morgan fingerprint density at radius 1 is 1.47 bits per heavy atom. The molecular formula is C15H22N2O2. The van der Waals surface area contributed by atoms with Gasteiger partial charge in [0.2, 0.25) is 5.91 Å². The van der Waals surface area contributed by atoms with Gasteiger partial charge in [0.1, 0.15) is 6.04 Å². The van der Waals surface area contributed by atoms with Crippen molar-refractivity contribution >= 4 is 5.91 Å². The maximum Gasteiger partial charge on any atom is 0.244 e. The average molecular weight is 262 g/mol. The lowest BCUT2D eigenvalue weighted by molar-refractivity contribution is -0.145. The van der Waals surface area contributed by atoms with E-state index in [1.807, 2.05) is 42.2 Å². The van der Waals surface area contributed by atoms with E-state index in [4.69, 9.17) is 10.5 Å². The van der Waals surface area contributed by atoms with E-state index in [2.05, 4.69) is 6.92 Å². The fraction of sp³-hybridized carbons (Fsp3) is 0.533. The highest BCUT2D eigenvalue weighted by atomic mass is 16.5. The third-order valence-electron chi connectivity index (χ3n) is 3.65. The van der Waals surface area contributed by atoms with Crippen LogP contribution < -0.4 is 5.73 Å². The predicted molar refractivity (Wildman–Crippen MR) is 74.6 cm³/mol. The summed E-state index contributed by atoms with van der Waals surface area (Å²) in [4.78, 5) is 14.4. The van der Waals surface area contributed by atoms with E-state index in [0.29, 0.717) is 13.2 Å². The maximum atomic E-state index is 12.6. The summed E-state index contributed by atoms with van der Waals surface area (Å²) in [5, 5.41) is 0. The molecule has 1 aliphatic rings. The van der Waals surface area contributed by atoms with Gasteiger partial charge in [0.05, 0.1) is 18.8 Å². The van der Waals surface area contributed by atoms with Crippen molar-refractivity contribution in [2.45, 2.75) is 38.5 Å². The van der Waals surface area contributed by atoms with E-state index in [0.717, 1.165) is 12.0 Å². The maximum absolute atomic E-state index is 12.6. The SMILES string of the molecule is CCC1COC(C)CN1C(=O)C(N)c1ccccc1. The van der Waals surface area contributed by atoms with Crippen molar-refractivity contribution in [3.8, 4) is 0 Å². The van der Waals surface area contributed by atoms with Crippen molar-refractivity contribution in [1.82, 2.24) is 4.90 Å². The van der Waals surface area contributed by atoms with Crippen LogP contribution in [0.1, 0.15) is 31.9 Å². The van der Waals surface area contributed by atoms with Gasteiger partial charge in [-0.2, -0.15) is 0 Å². The Bertz CT molecular complexity index is 421. The largest absolute Gasteiger partial charge is 0.375 e. The van der Waals surface area contributed by atoms with Crippen LogP contribution in [-0.2, 0) is 9.53 Å². The molecular weight excluding hydrogens is 240 g/mol. The Kier molecular flexibility index (Phi) is 4.56. The Hall–Kier alpha value is -1.39. The quantitative estimate of drug-likeness (QED) is 0.902. The number of nitrogens with two attached hydrogens (primary N) is 1. The zero-order valence-corrected chi connectivity index (χ0v) is 11.6. The second-order valence-electron chi connectivity index (χ2n) is 5.08. The molecule has 1 fully saturated rings. The third-order valence-corrected chi connectivity index (χ3v) is 3.65. The van der Waals surface area contributed by atoms with Gasteiger partial charge in [0.25, 0.3) is 0 Å². The molecule has 2 rings (SSSR count). The minimum atomic E-state index is -0.583. The van der Waals surface area contributed by atoms with Gasteiger partial charge >= 0.3 is 0 Å². The minimum Gasteiger partial charge on any atom is -0.375 e. The predicted octanol–water partition coefficient (Wildman–Crippen LogP) is 1.71. The van der Waals surface area contributed by atoms with Crippen molar-refractivity contribution < 1.29 is 9.53 Å². The molecule has 19 heavy (non-hydrogen) atoms.